The molecular formula is C18H17N3O. The van der Waals surface area contributed by atoms with Gasteiger partial charge in [0.05, 0.1) is 5.69 Å². The van der Waals surface area contributed by atoms with Gasteiger partial charge >= 0.3 is 0 Å². The van der Waals surface area contributed by atoms with Crippen LogP contribution in [0.1, 0.15) is 11.1 Å². The van der Waals surface area contributed by atoms with Gasteiger partial charge in [-0.1, -0.05) is 30.3 Å². The number of benzene rings is 3. The summed E-state index contributed by atoms with van der Waals surface area (Å²) in [6.45, 7) is 1.87. The summed E-state index contributed by atoms with van der Waals surface area (Å²) in [6.07, 6.45) is 1.64. The van der Waals surface area contributed by atoms with Crippen LogP contribution in [0.3, 0.4) is 0 Å². The van der Waals surface area contributed by atoms with E-state index in [0.717, 1.165) is 16.3 Å². The molecule has 0 heterocycles. The van der Waals surface area contributed by atoms with Crippen LogP contribution in [-0.2, 0) is 0 Å². The Bertz CT molecular complexity index is 862. The average Bonchev–Trinajstić information content (AvgIpc) is 2.51. The number of anilines is 2. The second-order valence-electron chi connectivity index (χ2n) is 5.23. The van der Waals surface area contributed by atoms with E-state index in [4.69, 9.17) is 11.5 Å². The summed E-state index contributed by atoms with van der Waals surface area (Å²) >= 11 is 0. The summed E-state index contributed by atoms with van der Waals surface area (Å²) in [4.78, 5) is 4.41. The van der Waals surface area contributed by atoms with Crippen molar-refractivity contribution >= 4 is 34.0 Å². The van der Waals surface area contributed by atoms with Gasteiger partial charge in [0, 0.05) is 23.2 Å². The van der Waals surface area contributed by atoms with Crippen molar-refractivity contribution in [3.8, 4) is 5.75 Å². The van der Waals surface area contributed by atoms with E-state index in [1.54, 1.807) is 24.4 Å². The molecule has 0 bridgehead atoms. The van der Waals surface area contributed by atoms with Gasteiger partial charge in [-0.05, 0) is 41.5 Å². The Kier molecular flexibility index (Phi) is 3.43. The van der Waals surface area contributed by atoms with Gasteiger partial charge in [0.2, 0.25) is 0 Å². The summed E-state index contributed by atoms with van der Waals surface area (Å²) in [7, 11) is 0. The molecule has 0 aliphatic carbocycles. The zero-order valence-corrected chi connectivity index (χ0v) is 12.2. The van der Waals surface area contributed by atoms with Gasteiger partial charge in [0.1, 0.15) is 5.75 Å². The first-order valence-electron chi connectivity index (χ1n) is 6.96. The van der Waals surface area contributed by atoms with Crippen LogP contribution in [0.15, 0.2) is 53.5 Å². The predicted octanol–water partition coefficient (Wildman–Crippen LogP) is 3.77. The van der Waals surface area contributed by atoms with Crippen molar-refractivity contribution in [1.29, 1.82) is 0 Å². The number of aromatic hydroxyl groups is 1. The Morgan fingerprint density at radius 1 is 1.00 bits per heavy atom. The van der Waals surface area contributed by atoms with Gasteiger partial charge < -0.3 is 16.6 Å². The molecule has 0 atom stereocenters. The van der Waals surface area contributed by atoms with E-state index in [9.17, 15) is 5.11 Å². The van der Waals surface area contributed by atoms with Crippen LogP contribution in [0.2, 0.25) is 0 Å². The lowest BCUT2D eigenvalue weighted by Crippen LogP contribution is -1.95. The lowest BCUT2D eigenvalue weighted by molar-refractivity contribution is 0.475. The van der Waals surface area contributed by atoms with E-state index in [1.807, 2.05) is 37.3 Å². The van der Waals surface area contributed by atoms with Crippen molar-refractivity contribution in [3.63, 3.8) is 0 Å². The Labute approximate surface area is 128 Å². The normalized spacial score (nSPS) is 11.3. The number of fused-ring (bicyclic) bond motifs is 1. The van der Waals surface area contributed by atoms with Gasteiger partial charge in [-0.3, -0.25) is 4.99 Å². The number of nitrogens with two attached hydrogens (primary N) is 2. The van der Waals surface area contributed by atoms with E-state index in [0.29, 0.717) is 22.6 Å². The maximum absolute atomic E-state index is 10.1. The van der Waals surface area contributed by atoms with E-state index >= 15 is 0 Å². The zero-order chi connectivity index (χ0) is 15.7. The molecule has 0 aliphatic heterocycles. The summed E-state index contributed by atoms with van der Waals surface area (Å²) in [5.74, 6) is 0.190. The number of hydrogen-bond donors (Lipinski definition) is 3. The average molecular weight is 291 g/mol. The monoisotopic (exact) mass is 291 g/mol. The fourth-order valence-electron chi connectivity index (χ4n) is 2.38. The maximum Gasteiger partial charge on any atom is 0.124 e. The molecule has 0 saturated heterocycles. The fourth-order valence-corrected chi connectivity index (χ4v) is 2.38. The van der Waals surface area contributed by atoms with Crippen molar-refractivity contribution in [2.45, 2.75) is 6.92 Å². The molecule has 0 unspecified atom stereocenters. The third kappa shape index (κ3) is 2.46. The van der Waals surface area contributed by atoms with E-state index in [2.05, 4.69) is 4.99 Å². The summed E-state index contributed by atoms with van der Waals surface area (Å²) in [5.41, 5.74) is 15.2. The number of nitrogen functional groups attached to an aromatic ring is 2. The minimum absolute atomic E-state index is 0.190. The smallest absolute Gasteiger partial charge is 0.124 e. The minimum atomic E-state index is 0.190. The van der Waals surface area contributed by atoms with Crippen LogP contribution in [0.25, 0.3) is 10.8 Å². The SMILES string of the molecule is Cc1c(N)cc(/N=C/c2c(O)ccc3ccccc23)cc1N. The Morgan fingerprint density at radius 3 is 2.41 bits per heavy atom. The fraction of sp³-hybridized carbons (Fsp3) is 0.0556. The molecule has 4 heteroatoms. The largest absolute Gasteiger partial charge is 0.507 e. The van der Waals surface area contributed by atoms with Gasteiger partial charge in [-0.2, -0.15) is 0 Å². The molecular weight excluding hydrogens is 274 g/mol. The lowest BCUT2D eigenvalue weighted by Gasteiger charge is -2.07. The van der Waals surface area contributed by atoms with E-state index < -0.39 is 0 Å². The molecule has 3 aromatic carbocycles. The molecule has 110 valence electrons. The molecule has 5 N–H and O–H groups in total. The first-order valence-corrected chi connectivity index (χ1v) is 6.96. The highest BCUT2D eigenvalue weighted by molar-refractivity contribution is 6.03. The van der Waals surface area contributed by atoms with Crippen LogP contribution in [0.4, 0.5) is 17.1 Å². The highest BCUT2D eigenvalue weighted by Crippen LogP contribution is 2.28. The highest BCUT2D eigenvalue weighted by atomic mass is 16.3. The molecule has 0 fully saturated rings. The number of phenols is 1. The summed E-state index contributed by atoms with van der Waals surface area (Å²) in [5, 5.41) is 12.1. The highest BCUT2D eigenvalue weighted by Gasteiger charge is 2.05. The predicted molar refractivity (Wildman–Crippen MR) is 92.9 cm³/mol. The standard InChI is InChI=1S/C18H17N3O/c1-11-16(19)8-13(9-17(11)20)21-10-15-14-5-3-2-4-12(14)6-7-18(15)22/h2-10,22H,19-20H2,1H3/b21-10+. The molecule has 22 heavy (non-hydrogen) atoms. The number of nitrogens with zero attached hydrogens (tertiary/aromatic N) is 1. The van der Waals surface area contributed by atoms with Crippen molar-refractivity contribution in [2.24, 2.45) is 4.99 Å². The summed E-state index contributed by atoms with van der Waals surface area (Å²) in [6, 6.07) is 14.9. The molecule has 0 aliphatic rings. The molecule has 0 aromatic heterocycles. The van der Waals surface area contributed by atoms with Crippen molar-refractivity contribution in [2.75, 3.05) is 11.5 Å². The van der Waals surface area contributed by atoms with Crippen LogP contribution in [0, 0.1) is 6.92 Å². The molecule has 3 aromatic rings. The molecule has 0 spiro atoms. The number of aliphatic imine (C=N–C) groups is 1. The second kappa shape index (κ2) is 5.41. The van der Waals surface area contributed by atoms with Gasteiger partial charge in [0.15, 0.2) is 0 Å². The van der Waals surface area contributed by atoms with Crippen LogP contribution >= 0.6 is 0 Å². The number of hydrogen-bond acceptors (Lipinski definition) is 4. The van der Waals surface area contributed by atoms with Gasteiger partial charge in [-0.25, -0.2) is 0 Å². The van der Waals surface area contributed by atoms with Crippen LogP contribution in [0.5, 0.6) is 5.75 Å². The van der Waals surface area contributed by atoms with Crippen molar-refractivity contribution < 1.29 is 5.11 Å². The first-order chi connectivity index (χ1) is 10.6. The molecule has 0 amide bonds. The van der Waals surface area contributed by atoms with Crippen LogP contribution < -0.4 is 11.5 Å². The second-order valence-corrected chi connectivity index (χ2v) is 5.23. The minimum Gasteiger partial charge on any atom is -0.507 e. The Balaban J connectivity index is 2.08. The lowest BCUT2D eigenvalue weighted by atomic mass is 10.0. The molecule has 0 radical (unpaired) electrons. The zero-order valence-electron chi connectivity index (χ0n) is 12.2. The maximum atomic E-state index is 10.1. The number of rotatable bonds is 2. The molecule has 0 saturated carbocycles. The van der Waals surface area contributed by atoms with E-state index in [-0.39, 0.29) is 5.75 Å². The van der Waals surface area contributed by atoms with Gasteiger partial charge in [-0.15, -0.1) is 0 Å². The number of phenolic OH excluding ortho intramolecular Hbond substituents is 1. The van der Waals surface area contributed by atoms with Crippen LogP contribution in [-0.4, -0.2) is 11.3 Å². The Hall–Kier alpha value is -3.01. The van der Waals surface area contributed by atoms with Gasteiger partial charge in [0.25, 0.3) is 0 Å². The molecule has 4 nitrogen and oxygen atoms in total. The van der Waals surface area contributed by atoms with Crippen molar-refractivity contribution in [1.82, 2.24) is 0 Å². The quantitative estimate of drug-likeness (QED) is 0.496. The first kappa shape index (κ1) is 13.9. The molecule has 3 rings (SSSR count). The summed E-state index contributed by atoms with van der Waals surface area (Å²) < 4.78 is 0. The topological polar surface area (TPSA) is 84.6 Å². The third-order valence-corrected chi connectivity index (χ3v) is 3.76. The van der Waals surface area contributed by atoms with E-state index in [1.165, 1.54) is 0 Å². The Morgan fingerprint density at radius 2 is 1.68 bits per heavy atom. The third-order valence-electron chi connectivity index (χ3n) is 3.76. The van der Waals surface area contributed by atoms with Crippen molar-refractivity contribution in [3.05, 3.63) is 59.7 Å².